The van der Waals surface area contributed by atoms with Crippen LogP contribution in [0, 0.1) is 5.82 Å². The van der Waals surface area contributed by atoms with Crippen LogP contribution in [0.2, 0.25) is 5.02 Å². The second-order valence-corrected chi connectivity index (χ2v) is 7.51. The van der Waals surface area contributed by atoms with Gasteiger partial charge in [-0.3, -0.25) is 4.79 Å². The van der Waals surface area contributed by atoms with Crippen LogP contribution in [0.1, 0.15) is 24.2 Å². The Bertz CT molecular complexity index is 1120. The third-order valence-corrected chi connectivity index (χ3v) is 5.75. The number of benzene rings is 2. The van der Waals surface area contributed by atoms with Crippen molar-refractivity contribution in [3.63, 3.8) is 0 Å². The van der Waals surface area contributed by atoms with Gasteiger partial charge in [-0.2, -0.15) is 0 Å². The number of hydrogen-bond acceptors (Lipinski definition) is 3. The second kappa shape index (κ2) is 5.63. The number of amides is 1. The molecule has 5 rings (SSSR count). The number of carbonyl (C=O) groups excluding carboxylic acids is 2. The average Bonchev–Trinajstić information content (AvgIpc) is 3.33. The maximum absolute atomic E-state index is 13.9. The molecule has 1 fully saturated rings. The van der Waals surface area contributed by atoms with Gasteiger partial charge in [0.15, 0.2) is 0 Å². The van der Waals surface area contributed by atoms with Gasteiger partial charge in [-0.15, -0.1) is 0 Å². The number of nitrogens with zero attached hydrogens (tertiary/aromatic N) is 3. The van der Waals surface area contributed by atoms with Crippen LogP contribution in [0.15, 0.2) is 36.4 Å². The lowest BCUT2D eigenvalue weighted by molar-refractivity contribution is -0.120. The fourth-order valence-corrected chi connectivity index (χ4v) is 4.24. The number of aromatic nitrogens is 2. The Morgan fingerprint density at radius 3 is 2.78 bits per heavy atom. The smallest absolute Gasteiger partial charge is 0.238 e. The van der Waals surface area contributed by atoms with E-state index < -0.39 is 5.41 Å². The topological polar surface area (TPSA) is 55.2 Å². The lowest BCUT2D eigenvalue weighted by Gasteiger charge is -2.18. The van der Waals surface area contributed by atoms with Gasteiger partial charge in [0.2, 0.25) is 5.91 Å². The van der Waals surface area contributed by atoms with E-state index in [1.54, 1.807) is 33.7 Å². The minimum Gasteiger partial charge on any atom is -0.319 e. The van der Waals surface area contributed by atoms with Crippen LogP contribution in [0.3, 0.4) is 0 Å². The monoisotopic (exact) mass is 383 g/mol. The van der Waals surface area contributed by atoms with Gasteiger partial charge in [0.1, 0.15) is 17.9 Å². The molecule has 27 heavy (non-hydrogen) atoms. The maximum atomic E-state index is 13.9. The van der Waals surface area contributed by atoms with Crippen LogP contribution in [0.5, 0.6) is 0 Å². The lowest BCUT2D eigenvalue weighted by atomic mass is 9.98. The number of aldehydes is 1. The highest BCUT2D eigenvalue weighted by Crippen LogP contribution is 2.57. The predicted octanol–water partition coefficient (Wildman–Crippen LogP) is 3.61. The number of hydrogen-bond donors (Lipinski definition) is 0. The fourth-order valence-electron chi connectivity index (χ4n) is 4.07. The summed E-state index contributed by atoms with van der Waals surface area (Å²) in [7, 11) is 0. The standard InChI is InChI=1S/C20H15ClFN3O2/c21-12-1-4-16-15(9-12)23-18(24(16)7-8-26)11-25-17-10-13(22)2-3-14(17)20(5-6-20)19(25)27/h1-4,8-10H,5-7,11H2. The molecule has 2 aliphatic rings. The van der Waals surface area contributed by atoms with Crippen molar-refractivity contribution in [1.29, 1.82) is 0 Å². The number of halogens is 2. The zero-order valence-corrected chi connectivity index (χ0v) is 15.0. The van der Waals surface area contributed by atoms with Gasteiger partial charge in [-0.1, -0.05) is 17.7 Å². The van der Waals surface area contributed by atoms with Gasteiger partial charge in [0.05, 0.1) is 35.2 Å². The zero-order chi connectivity index (χ0) is 18.8. The van der Waals surface area contributed by atoms with Crippen molar-refractivity contribution in [2.75, 3.05) is 4.90 Å². The summed E-state index contributed by atoms with van der Waals surface area (Å²) in [6.07, 6.45) is 2.35. The Hall–Kier alpha value is -2.73. The van der Waals surface area contributed by atoms with Crippen LogP contribution in [0.4, 0.5) is 10.1 Å². The summed E-state index contributed by atoms with van der Waals surface area (Å²) in [4.78, 5) is 30.4. The van der Waals surface area contributed by atoms with E-state index in [0.29, 0.717) is 22.1 Å². The Morgan fingerprint density at radius 1 is 1.22 bits per heavy atom. The van der Waals surface area contributed by atoms with Gasteiger partial charge in [0, 0.05) is 5.02 Å². The summed E-state index contributed by atoms with van der Waals surface area (Å²) in [6.45, 7) is 0.299. The molecule has 136 valence electrons. The molecule has 0 saturated heterocycles. The lowest BCUT2D eigenvalue weighted by Crippen LogP contribution is -2.32. The van der Waals surface area contributed by atoms with E-state index in [4.69, 9.17) is 11.6 Å². The molecule has 0 unspecified atom stereocenters. The third kappa shape index (κ3) is 2.33. The summed E-state index contributed by atoms with van der Waals surface area (Å²) in [5.41, 5.74) is 2.41. The maximum Gasteiger partial charge on any atom is 0.238 e. The molecule has 0 N–H and O–H groups in total. The number of anilines is 1. The van der Waals surface area contributed by atoms with E-state index in [1.165, 1.54) is 12.1 Å². The van der Waals surface area contributed by atoms with Crippen LogP contribution < -0.4 is 4.90 Å². The highest BCUT2D eigenvalue weighted by atomic mass is 35.5. The van der Waals surface area contributed by atoms with E-state index >= 15 is 0 Å². The van der Waals surface area contributed by atoms with Gasteiger partial charge >= 0.3 is 0 Å². The molecule has 3 aromatic rings. The molecule has 0 atom stereocenters. The molecule has 7 heteroatoms. The van der Waals surface area contributed by atoms with Gasteiger partial charge < -0.3 is 14.3 Å². The number of rotatable bonds is 4. The Morgan fingerprint density at radius 2 is 2.04 bits per heavy atom. The molecule has 5 nitrogen and oxygen atoms in total. The fraction of sp³-hybridized carbons (Fsp3) is 0.250. The first-order valence-electron chi connectivity index (χ1n) is 8.74. The molecule has 0 radical (unpaired) electrons. The Balaban J connectivity index is 1.62. The molecule has 1 spiro atoms. The van der Waals surface area contributed by atoms with Gasteiger partial charge in [-0.25, -0.2) is 9.37 Å². The summed E-state index contributed by atoms with van der Waals surface area (Å²) < 4.78 is 15.6. The van der Waals surface area contributed by atoms with Crippen molar-refractivity contribution in [2.24, 2.45) is 0 Å². The van der Waals surface area contributed by atoms with E-state index in [9.17, 15) is 14.0 Å². The predicted molar refractivity (Wildman–Crippen MR) is 99.3 cm³/mol. The van der Waals surface area contributed by atoms with Crippen molar-refractivity contribution in [2.45, 2.75) is 31.3 Å². The molecule has 0 bridgehead atoms. The normalized spacial score (nSPS) is 17.0. The van der Waals surface area contributed by atoms with Crippen LogP contribution >= 0.6 is 11.6 Å². The summed E-state index contributed by atoms with van der Waals surface area (Å²) >= 11 is 6.06. The van der Waals surface area contributed by atoms with Gasteiger partial charge in [0.25, 0.3) is 0 Å². The molecule has 1 aromatic heterocycles. The van der Waals surface area contributed by atoms with Crippen molar-refractivity contribution < 1.29 is 14.0 Å². The average molecular weight is 384 g/mol. The summed E-state index contributed by atoms with van der Waals surface area (Å²) in [5.74, 6) is 0.170. The number of fused-ring (bicyclic) bond motifs is 3. The molecular formula is C20H15ClFN3O2. The van der Waals surface area contributed by atoms with Crippen molar-refractivity contribution >= 4 is 40.5 Å². The largest absolute Gasteiger partial charge is 0.319 e. The quantitative estimate of drug-likeness (QED) is 0.647. The van der Waals surface area contributed by atoms with Crippen LogP contribution in [0.25, 0.3) is 11.0 Å². The number of imidazole rings is 1. The van der Waals surface area contributed by atoms with Crippen molar-refractivity contribution in [3.8, 4) is 0 Å². The van der Waals surface area contributed by atoms with Crippen molar-refractivity contribution in [1.82, 2.24) is 9.55 Å². The minimum atomic E-state index is -0.506. The van der Waals surface area contributed by atoms with E-state index in [2.05, 4.69) is 4.98 Å². The molecule has 2 heterocycles. The molecule has 1 aliphatic carbocycles. The van der Waals surface area contributed by atoms with E-state index in [0.717, 1.165) is 30.2 Å². The molecule has 1 saturated carbocycles. The molecule has 2 aromatic carbocycles. The third-order valence-electron chi connectivity index (χ3n) is 5.52. The first-order chi connectivity index (χ1) is 13.0. The molecule has 1 aliphatic heterocycles. The summed E-state index contributed by atoms with van der Waals surface area (Å²) in [6, 6.07) is 9.79. The second-order valence-electron chi connectivity index (χ2n) is 7.07. The Labute approximate surface area is 159 Å². The minimum absolute atomic E-state index is 0.0224. The van der Waals surface area contributed by atoms with Crippen LogP contribution in [-0.4, -0.2) is 21.7 Å². The number of carbonyl (C=O) groups is 2. The van der Waals surface area contributed by atoms with E-state index in [-0.39, 0.29) is 24.8 Å². The van der Waals surface area contributed by atoms with Gasteiger partial charge in [-0.05, 0) is 48.7 Å². The Kier molecular flexibility index (Phi) is 3.43. The van der Waals surface area contributed by atoms with Crippen LogP contribution in [-0.2, 0) is 28.1 Å². The van der Waals surface area contributed by atoms with E-state index in [1.807, 2.05) is 0 Å². The highest BCUT2D eigenvalue weighted by Gasteiger charge is 2.59. The zero-order valence-electron chi connectivity index (χ0n) is 14.3. The highest BCUT2D eigenvalue weighted by molar-refractivity contribution is 6.31. The first kappa shape index (κ1) is 16.4. The summed E-state index contributed by atoms with van der Waals surface area (Å²) in [5, 5.41) is 0.548. The SMILES string of the molecule is O=CCn1c(CN2C(=O)C3(CC3)c3ccc(F)cc32)nc2cc(Cl)ccc21. The molecule has 1 amide bonds. The van der Waals surface area contributed by atoms with Crippen molar-refractivity contribution in [3.05, 3.63) is 58.6 Å². The first-order valence-corrected chi connectivity index (χ1v) is 9.11. The molecular weight excluding hydrogens is 369 g/mol.